The minimum Gasteiger partial charge on any atom is -0.496 e. The number of ether oxygens (including phenoxy) is 3. The Kier molecular flexibility index (Phi) is 7.35. The number of carbonyl (C=O) groups is 1. The Balaban J connectivity index is 2.42. The van der Waals surface area contributed by atoms with Gasteiger partial charge in [0.15, 0.2) is 0 Å². The third-order valence-corrected chi connectivity index (χ3v) is 3.95. The molecule has 158 valence electrons. The van der Waals surface area contributed by atoms with E-state index in [1.54, 1.807) is 18.2 Å². The van der Waals surface area contributed by atoms with E-state index >= 15 is 0 Å². The van der Waals surface area contributed by atoms with Crippen LogP contribution in [0.25, 0.3) is 11.3 Å². The van der Waals surface area contributed by atoms with Crippen molar-refractivity contribution in [2.45, 2.75) is 39.0 Å². The minimum atomic E-state index is -1.09. The lowest BCUT2D eigenvalue weighted by Crippen LogP contribution is -2.40. The van der Waals surface area contributed by atoms with Crippen LogP contribution in [0.5, 0.6) is 11.5 Å². The van der Waals surface area contributed by atoms with Crippen LogP contribution in [0.4, 0.5) is 4.79 Å². The molecule has 1 atom stereocenters. The van der Waals surface area contributed by atoms with E-state index in [4.69, 9.17) is 14.2 Å². The molecule has 1 unspecified atom stereocenters. The van der Waals surface area contributed by atoms with Gasteiger partial charge in [-0.25, -0.2) is 4.79 Å². The highest BCUT2D eigenvalue weighted by Crippen LogP contribution is 2.40. The number of aliphatic hydroxyl groups is 2. The Morgan fingerprint density at radius 2 is 1.97 bits per heavy atom. The second kappa shape index (κ2) is 9.53. The molecular weight excluding hydrogens is 378 g/mol. The number of methoxy groups -OCH3 is 2. The van der Waals surface area contributed by atoms with Crippen LogP contribution >= 0.6 is 0 Å². The first-order valence-corrected chi connectivity index (χ1v) is 9.01. The van der Waals surface area contributed by atoms with E-state index in [2.05, 4.69) is 15.5 Å². The molecule has 2 rings (SSSR count). The summed E-state index contributed by atoms with van der Waals surface area (Å²) < 4.78 is 16.3. The zero-order chi connectivity index (χ0) is 21.6. The molecule has 0 saturated heterocycles. The third kappa shape index (κ3) is 5.78. The van der Waals surface area contributed by atoms with Gasteiger partial charge < -0.3 is 29.7 Å². The fraction of sp³-hybridized carbons (Fsp3) is 0.450. The SMILES string of the molecule is COc1ccc(COC(=O)NC(C)(C)C)c(OC)c1-c1cc(C(O)CO)cnn1. The van der Waals surface area contributed by atoms with Crippen LogP contribution in [-0.2, 0) is 11.3 Å². The van der Waals surface area contributed by atoms with Crippen LogP contribution in [0.2, 0.25) is 0 Å². The predicted octanol–water partition coefficient (Wildman–Crippen LogP) is 2.21. The lowest BCUT2D eigenvalue weighted by molar-refractivity contribution is 0.0952. The first kappa shape index (κ1) is 22.4. The summed E-state index contributed by atoms with van der Waals surface area (Å²) in [6.45, 7) is 5.08. The monoisotopic (exact) mass is 405 g/mol. The number of carbonyl (C=O) groups excluding carboxylic acids is 1. The van der Waals surface area contributed by atoms with Crippen molar-refractivity contribution in [2.24, 2.45) is 0 Å². The van der Waals surface area contributed by atoms with Gasteiger partial charge in [0.1, 0.15) is 29.9 Å². The Morgan fingerprint density at radius 3 is 2.55 bits per heavy atom. The lowest BCUT2D eigenvalue weighted by Gasteiger charge is -2.21. The first-order chi connectivity index (χ1) is 13.7. The molecule has 0 aliphatic rings. The molecule has 0 saturated carbocycles. The number of amides is 1. The van der Waals surface area contributed by atoms with E-state index < -0.39 is 24.3 Å². The molecule has 0 radical (unpaired) electrons. The van der Waals surface area contributed by atoms with Gasteiger partial charge in [0, 0.05) is 16.7 Å². The summed E-state index contributed by atoms with van der Waals surface area (Å²) in [6, 6.07) is 5.02. The van der Waals surface area contributed by atoms with Crippen molar-refractivity contribution in [3.8, 4) is 22.8 Å². The molecule has 0 aliphatic carbocycles. The summed E-state index contributed by atoms with van der Waals surface area (Å²) in [7, 11) is 2.99. The minimum absolute atomic E-state index is 0.0333. The van der Waals surface area contributed by atoms with Gasteiger partial charge in [-0.3, -0.25) is 0 Å². The first-order valence-electron chi connectivity index (χ1n) is 9.01. The van der Waals surface area contributed by atoms with E-state index in [0.29, 0.717) is 33.9 Å². The van der Waals surface area contributed by atoms with Crippen molar-refractivity contribution in [2.75, 3.05) is 20.8 Å². The number of nitrogens with one attached hydrogen (secondary N) is 1. The molecule has 9 nitrogen and oxygen atoms in total. The Labute approximate surface area is 169 Å². The second-order valence-corrected chi connectivity index (χ2v) is 7.36. The van der Waals surface area contributed by atoms with Gasteiger partial charge in [0.05, 0.1) is 32.6 Å². The molecule has 3 N–H and O–H groups in total. The number of hydrogen-bond donors (Lipinski definition) is 3. The topological polar surface area (TPSA) is 123 Å². The molecule has 1 heterocycles. The number of aliphatic hydroxyl groups excluding tert-OH is 2. The number of alkyl carbamates (subject to hydrolysis) is 1. The highest BCUT2D eigenvalue weighted by Gasteiger charge is 2.21. The summed E-state index contributed by atoms with van der Waals surface area (Å²) in [5.41, 5.74) is 1.45. The number of nitrogens with zero attached hydrogens (tertiary/aromatic N) is 2. The summed E-state index contributed by atoms with van der Waals surface area (Å²) >= 11 is 0. The van der Waals surface area contributed by atoms with Gasteiger partial charge in [-0.15, -0.1) is 0 Å². The van der Waals surface area contributed by atoms with Crippen molar-refractivity contribution < 1.29 is 29.2 Å². The van der Waals surface area contributed by atoms with Crippen LogP contribution in [-0.4, -0.2) is 52.9 Å². The van der Waals surface area contributed by atoms with E-state index in [1.165, 1.54) is 20.4 Å². The highest BCUT2D eigenvalue weighted by molar-refractivity contribution is 5.76. The maximum absolute atomic E-state index is 12.0. The van der Waals surface area contributed by atoms with E-state index in [0.717, 1.165) is 0 Å². The Hall–Kier alpha value is -2.91. The van der Waals surface area contributed by atoms with Gasteiger partial charge in [-0.2, -0.15) is 10.2 Å². The smallest absolute Gasteiger partial charge is 0.407 e. The van der Waals surface area contributed by atoms with Crippen LogP contribution in [0.15, 0.2) is 24.4 Å². The lowest BCUT2D eigenvalue weighted by atomic mass is 10.0. The number of benzene rings is 1. The molecule has 0 bridgehead atoms. The van der Waals surface area contributed by atoms with E-state index in [9.17, 15) is 15.0 Å². The molecule has 9 heteroatoms. The predicted molar refractivity (Wildman–Crippen MR) is 106 cm³/mol. The van der Waals surface area contributed by atoms with Crippen LogP contribution in [0.3, 0.4) is 0 Å². The maximum Gasteiger partial charge on any atom is 0.407 e. The fourth-order valence-electron chi connectivity index (χ4n) is 2.64. The molecule has 1 aromatic carbocycles. The average molecular weight is 405 g/mol. The van der Waals surface area contributed by atoms with E-state index in [1.807, 2.05) is 20.8 Å². The van der Waals surface area contributed by atoms with Crippen molar-refractivity contribution in [3.63, 3.8) is 0 Å². The molecule has 1 aromatic heterocycles. The normalized spacial score (nSPS) is 12.2. The summed E-state index contributed by atoms with van der Waals surface area (Å²) in [5.74, 6) is 0.868. The molecule has 0 aliphatic heterocycles. The highest BCUT2D eigenvalue weighted by atomic mass is 16.5. The number of rotatable bonds is 7. The van der Waals surface area contributed by atoms with Gasteiger partial charge in [-0.05, 0) is 39.0 Å². The van der Waals surface area contributed by atoms with Crippen molar-refractivity contribution in [1.82, 2.24) is 15.5 Å². The van der Waals surface area contributed by atoms with Crippen molar-refractivity contribution in [1.29, 1.82) is 0 Å². The Bertz CT molecular complexity index is 851. The molecule has 1 amide bonds. The second-order valence-electron chi connectivity index (χ2n) is 7.36. The van der Waals surface area contributed by atoms with Gasteiger partial charge in [-0.1, -0.05) is 0 Å². The summed E-state index contributed by atoms with van der Waals surface area (Å²) in [5, 5.41) is 29.8. The average Bonchev–Trinajstić information content (AvgIpc) is 2.69. The van der Waals surface area contributed by atoms with Gasteiger partial charge in [0.2, 0.25) is 0 Å². The van der Waals surface area contributed by atoms with Crippen molar-refractivity contribution in [3.05, 3.63) is 35.5 Å². The van der Waals surface area contributed by atoms with Crippen molar-refractivity contribution >= 4 is 6.09 Å². The van der Waals surface area contributed by atoms with Gasteiger partial charge >= 0.3 is 6.09 Å². The Morgan fingerprint density at radius 1 is 1.24 bits per heavy atom. The maximum atomic E-state index is 12.0. The summed E-state index contributed by atoms with van der Waals surface area (Å²) in [4.78, 5) is 12.0. The fourth-order valence-corrected chi connectivity index (χ4v) is 2.64. The van der Waals surface area contributed by atoms with Crippen LogP contribution in [0, 0.1) is 0 Å². The molecule has 0 spiro atoms. The molecular formula is C20H27N3O6. The number of aromatic nitrogens is 2. The van der Waals surface area contributed by atoms with E-state index in [-0.39, 0.29) is 6.61 Å². The third-order valence-electron chi connectivity index (χ3n) is 3.95. The number of hydrogen-bond acceptors (Lipinski definition) is 8. The van der Waals surface area contributed by atoms with Gasteiger partial charge in [0.25, 0.3) is 0 Å². The standard InChI is InChI=1S/C20H27N3O6/c1-20(2,3)22-19(26)29-11-12-6-7-16(27-4)17(18(12)28-5)14-8-13(9-21-23-14)15(25)10-24/h6-9,15,24-25H,10-11H2,1-5H3,(H,22,26). The summed E-state index contributed by atoms with van der Waals surface area (Å²) in [6.07, 6.45) is -0.272. The molecule has 29 heavy (non-hydrogen) atoms. The zero-order valence-corrected chi connectivity index (χ0v) is 17.2. The van der Waals surface area contributed by atoms with Crippen LogP contribution < -0.4 is 14.8 Å². The van der Waals surface area contributed by atoms with Crippen LogP contribution in [0.1, 0.15) is 38.0 Å². The zero-order valence-electron chi connectivity index (χ0n) is 17.2. The molecule has 0 fully saturated rings. The largest absolute Gasteiger partial charge is 0.496 e. The molecule has 2 aromatic rings. The quantitative estimate of drug-likeness (QED) is 0.641.